The average molecular weight is 384 g/mol. The summed E-state index contributed by atoms with van der Waals surface area (Å²) in [5, 5.41) is 14.5. The van der Waals surface area contributed by atoms with Crippen LogP contribution in [0.4, 0.5) is 10.5 Å². The van der Waals surface area contributed by atoms with E-state index in [9.17, 15) is 4.79 Å². The first-order valence-corrected chi connectivity index (χ1v) is 10.00. The molecule has 1 aromatic rings. The van der Waals surface area contributed by atoms with E-state index in [1.165, 1.54) is 26.2 Å². The van der Waals surface area contributed by atoms with E-state index in [1.54, 1.807) is 4.90 Å². The Morgan fingerprint density at radius 2 is 2.11 bits per heavy atom. The van der Waals surface area contributed by atoms with Crippen molar-refractivity contribution < 1.29 is 14.3 Å². The fourth-order valence-electron chi connectivity index (χ4n) is 3.71. The molecule has 150 valence electrons. The maximum absolute atomic E-state index is 12.4. The van der Waals surface area contributed by atoms with Crippen molar-refractivity contribution >= 4 is 23.6 Å². The Labute approximate surface area is 165 Å². The van der Waals surface area contributed by atoms with Crippen LogP contribution in [0.1, 0.15) is 37.3 Å². The summed E-state index contributed by atoms with van der Waals surface area (Å²) in [5.74, 6) is 0.789. The van der Waals surface area contributed by atoms with Gasteiger partial charge in [0, 0.05) is 54.3 Å². The van der Waals surface area contributed by atoms with Gasteiger partial charge in [0.25, 0.3) is 0 Å². The van der Waals surface area contributed by atoms with E-state index in [0.29, 0.717) is 6.04 Å². The van der Waals surface area contributed by atoms with Crippen molar-refractivity contribution in [2.75, 3.05) is 25.1 Å². The van der Waals surface area contributed by atoms with E-state index < -0.39 is 0 Å². The van der Waals surface area contributed by atoms with Crippen LogP contribution in [-0.4, -0.2) is 50.7 Å². The number of nitrogens with zero attached hydrogens (tertiary/aromatic N) is 1. The molecule has 1 aromatic carbocycles. The fraction of sp³-hybridized carbons (Fsp3) is 0.524. The second kappa shape index (κ2) is 7.83. The Hall–Kier alpha value is -2.54. The van der Waals surface area contributed by atoms with Crippen molar-refractivity contribution in [2.45, 2.75) is 50.8 Å². The second-order valence-electron chi connectivity index (χ2n) is 7.75. The molecule has 0 bridgehead atoms. The number of rotatable bonds is 6. The van der Waals surface area contributed by atoms with Gasteiger partial charge in [-0.3, -0.25) is 4.90 Å². The Morgan fingerprint density at radius 1 is 1.32 bits per heavy atom. The molecule has 28 heavy (non-hydrogen) atoms. The topological polar surface area (TPSA) is 86.7 Å². The van der Waals surface area contributed by atoms with Crippen molar-refractivity contribution in [1.29, 1.82) is 5.41 Å². The number of carbonyl (C=O) groups excluding carboxylic acids is 1. The van der Waals surface area contributed by atoms with Gasteiger partial charge in [0.15, 0.2) is 0 Å². The van der Waals surface area contributed by atoms with Crippen LogP contribution >= 0.6 is 0 Å². The minimum atomic E-state index is -0.351. The molecule has 2 fully saturated rings. The Balaban J connectivity index is 1.77. The van der Waals surface area contributed by atoms with Crippen molar-refractivity contribution in [3.63, 3.8) is 0 Å². The minimum absolute atomic E-state index is 0.0679. The number of hydrogen-bond donors (Lipinski definition) is 3. The number of methoxy groups -OCH3 is 1. The first-order chi connectivity index (χ1) is 13.6. The third-order valence-electron chi connectivity index (χ3n) is 5.67. The van der Waals surface area contributed by atoms with Gasteiger partial charge in [-0.1, -0.05) is 0 Å². The van der Waals surface area contributed by atoms with Crippen molar-refractivity contribution in [2.24, 2.45) is 0 Å². The Morgan fingerprint density at radius 3 is 2.71 bits per heavy atom. The highest BCUT2D eigenvalue weighted by atomic mass is 16.5. The number of nitrogens with one attached hydrogen (secondary N) is 3. The van der Waals surface area contributed by atoms with Crippen LogP contribution in [0.5, 0.6) is 5.75 Å². The molecule has 0 aromatic heterocycles. The first kappa shape index (κ1) is 18.8. The molecule has 4 rings (SSSR count). The molecule has 1 amide bonds. The lowest BCUT2D eigenvalue weighted by Crippen LogP contribution is -2.50. The molecule has 3 N–H and O–H groups in total. The molecule has 7 heteroatoms. The van der Waals surface area contributed by atoms with Gasteiger partial charge < -0.3 is 25.5 Å². The van der Waals surface area contributed by atoms with Gasteiger partial charge in [0.05, 0.1) is 12.8 Å². The summed E-state index contributed by atoms with van der Waals surface area (Å²) in [4.78, 5) is 14.1. The highest BCUT2D eigenvalue weighted by molar-refractivity contribution is 6.10. The van der Waals surface area contributed by atoms with E-state index in [1.807, 2.05) is 25.3 Å². The lowest BCUT2D eigenvalue weighted by atomic mass is 9.92. The minimum Gasteiger partial charge on any atom is -0.487 e. The molecule has 1 atom stereocenters. The van der Waals surface area contributed by atoms with Crippen LogP contribution in [0.25, 0.3) is 5.57 Å². The van der Waals surface area contributed by atoms with Crippen LogP contribution in [0.15, 0.2) is 18.3 Å². The molecule has 1 saturated carbocycles. The van der Waals surface area contributed by atoms with Crippen molar-refractivity contribution in [3.8, 4) is 5.75 Å². The largest absolute Gasteiger partial charge is 0.487 e. The van der Waals surface area contributed by atoms with E-state index in [2.05, 4.69) is 10.6 Å². The monoisotopic (exact) mass is 384 g/mol. The van der Waals surface area contributed by atoms with Crippen LogP contribution in [0, 0.1) is 5.41 Å². The summed E-state index contributed by atoms with van der Waals surface area (Å²) in [6.45, 7) is 3.65. The van der Waals surface area contributed by atoms with Gasteiger partial charge >= 0.3 is 6.09 Å². The lowest BCUT2D eigenvalue weighted by Gasteiger charge is -2.37. The predicted octanol–water partition coefficient (Wildman–Crippen LogP) is 2.69. The van der Waals surface area contributed by atoms with E-state index in [0.717, 1.165) is 54.1 Å². The lowest BCUT2D eigenvalue weighted by molar-refractivity contribution is 0.140. The number of carbonyl (C=O) groups is 1. The molecule has 2 aliphatic heterocycles. The number of anilines is 1. The number of fused-ring (bicyclic) bond motifs is 1. The number of benzene rings is 1. The van der Waals surface area contributed by atoms with Crippen LogP contribution in [0.2, 0.25) is 0 Å². The van der Waals surface area contributed by atoms with Crippen LogP contribution in [0.3, 0.4) is 0 Å². The molecule has 0 spiro atoms. The standard InChI is InChI=1S/C21H28N4O3/c1-13-3-6-18-19(25(13)21(26)27-2)8-7-17(20(18)28-16-11-23-12-16)14(9-22)10-24-15-4-5-15/h7-10,13,15-16,22-24H,3-6,11-12H2,1-2H3/b14-10+,22-9?/t13-/m0/s1. The number of amides is 1. The highest BCUT2D eigenvalue weighted by Crippen LogP contribution is 2.42. The van der Waals surface area contributed by atoms with Gasteiger partial charge in [0.2, 0.25) is 0 Å². The summed E-state index contributed by atoms with van der Waals surface area (Å²) in [6.07, 6.45) is 7.07. The SMILES string of the molecule is COC(=O)N1c2ccc(/C(C=N)=C/NC3CC3)c(OC3CNC3)c2CC[C@@H]1C. The predicted molar refractivity (Wildman–Crippen MR) is 109 cm³/mol. The van der Waals surface area contributed by atoms with Crippen LogP contribution < -0.4 is 20.3 Å². The van der Waals surface area contributed by atoms with Gasteiger partial charge in [-0.2, -0.15) is 0 Å². The Kier molecular flexibility index (Phi) is 5.26. The normalized spacial score (nSPS) is 22.1. The maximum Gasteiger partial charge on any atom is 0.414 e. The first-order valence-electron chi connectivity index (χ1n) is 10.00. The summed E-state index contributed by atoms with van der Waals surface area (Å²) >= 11 is 0. The number of ether oxygens (including phenoxy) is 2. The van der Waals surface area contributed by atoms with Crippen LogP contribution in [-0.2, 0) is 11.2 Å². The molecule has 3 aliphatic rings. The Bertz CT molecular complexity index is 799. The molecule has 0 radical (unpaired) electrons. The maximum atomic E-state index is 12.4. The molecule has 1 saturated heterocycles. The van der Waals surface area contributed by atoms with E-state index in [-0.39, 0.29) is 18.2 Å². The molecule has 0 unspecified atom stereocenters. The summed E-state index contributed by atoms with van der Waals surface area (Å²) in [6, 6.07) is 4.50. The number of hydrogen-bond acceptors (Lipinski definition) is 6. The zero-order chi connectivity index (χ0) is 19.7. The zero-order valence-electron chi connectivity index (χ0n) is 16.5. The molecule has 2 heterocycles. The quantitative estimate of drug-likeness (QED) is 0.657. The third-order valence-corrected chi connectivity index (χ3v) is 5.67. The van der Waals surface area contributed by atoms with Gasteiger partial charge in [-0.15, -0.1) is 0 Å². The molecular formula is C21H28N4O3. The van der Waals surface area contributed by atoms with Gasteiger partial charge in [-0.05, 0) is 44.7 Å². The third kappa shape index (κ3) is 3.58. The molecule has 1 aliphatic carbocycles. The van der Waals surface area contributed by atoms with Crippen molar-refractivity contribution in [1.82, 2.24) is 10.6 Å². The summed E-state index contributed by atoms with van der Waals surface area (Å²) in [5.41, 5.74) is 3.55. The molecular weight excluding hydrogens is 356 g/mol. The second-order valence-corrected chi connectivity index (χ2v) is 7.75. The fourth-order valence-corrected chi connectivity index (χ4v) is 3.71. The summed E-state index contributed by atoms with van der Waals surface area (Å²) < 4.78 is 11.4. The highest BCUT2D eigenvalue weighted by Gasteiger charge is 2.33. The van der Waals surface area contributed by atoms with Gasteiger partial charge in [0.1, 0.15) is 11.9 Å². The van der Waals surface area contributed by atoms with E-state index in [4.69, 9.17) is 14.9 Å². The molecule has 7 nitrogen and oxygen atoms in total. The smallest absolute Gasteiger partial charge is 0.414 e. The summed E-state index contributed by atoms with van der Waals surface area (Å²) in [7, 11) is 1.41. The number of allylic oxidation sites excluding steroid dienone is 1. The van der Waals surface area contributed by atoms with E-state index >= 15 is 0 Å². The van der Waals surface area contributed by atoms with Crippen molar-refractivity contribution in [3.05, 3.63) is 29.5 Å². The average Bonchev–Trinajstić information content (AvgIpc) is 3.49. The van der Waals surface area contributed by atoms with Gasteiger partial charge in [-0.25, -0.2) is 4.79 Å². The zero-order valence-corrected chi connectivity index (χ0v) is 16.5.